The zero-order chi connectivity index (χ0) is 42.3. The van der Waals surface area contributed by atoms with Crippen LogP contribution >= 0.6 is 0 Å². The van der Waals surface area contributed by atoms with E-state index >= 15 is 0 Å². The minimum atomic E-state index is 0.0274. The molecule has 1 aliphatic carbocycles. The lowest BCUT2D eigenvalue weighted by Crippen LogP contribution is -2.61. The molecule has 1 fully saturated rings. The van der Waals surface area contributed by atoms with Gasteiger partial charge in [-0.1, -0.05) is 116 Å². The van der Waals surface area contributed by atoms with Crippen molar-refractivity contribution in [1.82, 2.24) is 0 Å². The quantitative estimate of drug-likeness (QED) is 0.156. The van der Waals surface area contributed by atoms with Crippen LogP contribution in [0, 0.1) is 27.7 Å². The van der Waals surface area contributed by atoms with E-state index in [1.165, 1.54) is 104 Å². The lowest BCUT2D eigenvalue weighted by Gasteiger charge is -2.45. The van der Waals surface area contributed by atoms with Gasteiger partial charge in [0.25, 0.3) is 6.71 Å². The number of hydrogen-bond donors (Lipinski definition) is 0. The van der Waals surface area contributed by atoms with E-state index in [2.05, 4.69) is 206 Å². The van der Waals surface area contributed by atoms with Crippen molar-refractivity contribution < 1.29 is 4.42 Å². The van der Waals surface area contributed by atoms with Crippen molar-refractivity contribution in [3.8, 4) is 0 Å². The fourth-order valence-corrected chi connectivity index (χ4v) is 11.2. The average Bonchev–Trinajstić information content (AvgIpc) is 3.69. The van der Waals surface area contributed by atoms with Crippen molar-refractivity contribution in [2.75, 3.05) is 14.7 Å². The lowest BCUT2D eigenvalue weighted by atomic mass is 9.33. The Kier molecular flexibility index (Phi) is 8.90. The average molecular weight is 816 g/mol. The number of hydrogen-bond acceptors (Lipinski definition) is 4. The highest BCUT2D eigenvalue weighted by atomic mass is 16.3. The van der Waals surface area contributed by atoms with Gasteiger partial charge >= 0.3 is 0 Å². The number of rotatable bonds is 6. The lowest BCUT2D eigenvalue weighted by molar-refractivity contribution is 0.442. The molecule has 0 atom stereocenters. The number of fused-ring (bicyclic) bond motifs is 7. The third kappa shape index (κ3) is 6.12. The first-order valence-electron chi connectivity index (χ1n) is 22.8. The molecule has 0 amide bonds. The molecule has 63 heavy (non-hydrogen) atoms. The molecule has 5 heteroatoms. The second kappa shape index (κ2) is 14.8. The standard InChI is InChI=1S/C58H50BN3O/c1-37-15-11-21-43(31-37)61-52-33-39(3)27-29-49(52)59-50-30-28-40(4)34-53(50)62(44-22-12-16-38(2)32-44)55-36-45(35-54(61)56(55)59)60(42-19-9-6-10-20-42)51-26-14-25-48-47-24-13-23-46(57(47)63-58(48)51)41-17-7-5-8-18-41/h6,9-16,19-36,41H,5,7-8,17-18H2,1-4H3. The fourth-order valence-electron chi connectivity index (χ4n) is 11.2. The van der Waals surface area contributed by atoms with Crippen LogP contribution in [0.3, 0.4) is 0 Å². The maximum atomic E-state index is 7.25. The Morgan fingerprint density at radius 2 is 1.03 bits per heavy atom. The molecule has 9 aromatic rings. The van der Waals surface area contributed by atoms with Crippen LogP contribution in [0.2, 0.25) is 0 Å². The van der Waals surface area contributed by atoms with Gasteiger partial charge < -0.3 is 19.1 Å². The first-order chi connectivity index (χ1) is 30.9. The largest absolute Gasteiger partial charge is 0.454 e. The van der Waals surface area contributed by atoms with Crippen LogP contribution in [-0.4, -0.2) is 6.71 Å². The molecule has 0 N–H and O–H groups in total. The van der Waals surface area contributed by atoms with Crippen LogP contribution in [0.15, 0.2) is 168 Å². The van der Waals surface area contributed by atoms with Gasteiger partial charge in [-0.2, -0.15) is 0 Å². The van der Waals surface area contributed by atoms with Gasteiger partial charge in [-0.25, -0.2) is 0 Å². The fraction of sp³-hybridized carbons (Fsp3) is 0.172. The summed E-state index contributed by atoms with van der Waals surface area (Å²) in [6.07, 6.45) is 6.33. The maximum absolute atomic E-state index is 7.25. The number of benzene rings is 8. The van der Waals surface area contributed by atoms with Gasteiger partial charge in [0.2, 0.25) is 0 Å². The third-order valence-electron chi connectivity index (χ3n) is 14.0. The first kappa shape index (κ1) is 37.8. The summed E-state index contributed by atoms with van der Waals surface area (Å²) in [6.45, 7) is 8.85. The molecule has 3 aliphatic rings. The summed E-state index contributed by atoms with van der Waals surface area (Å²) >= 11 is 0. The van der Waals surface area contributed by atoms with Crippen molar-refractivity contribution in [2.45, 2.75) is 65.7 Å². The molecule has 12 rings (SSSR count). The molecule has 3 heterocycles. The van der Waals surface area contributed by atoms with Gasteiger partial charge in [0.1, 0.15) is 5.58 Å². The minimum Gasteiger partial charge on any atom is -0.454 e. The van der Waals surface area contributed by atoms with Crippen molar-refractivity contribution in [3.05, 3.63) is 192 Å². The van der Waals surface area contributed by atoms with Crippen molar-refractivity contribution in [1.29, 1.82) is 0 Å². The van der Waals surface area contributed by atoms with Gasteiger partial charge in [-0.3, -0.25) is 0 Å². The van der Waals surface area contributed by atoms with Crippen LogP contribution in [0.4, 0.5) is 51.2 Å². The molecular formula is C58H50BN3O. The van der Waals surface area contributed by atoms with Gasteiger partial charge in [0, 0.05) is 50.6 Å². The maximum Gasteiger partial charge on any atom is 0.252 e. The highest BCUT2D eigenvalue weighted by Crippen LogP contribution is 2.50. The molecule has 2 aliphatic heterocycles. The van der Waals surface area contributed by atoms with Gasteiger partial charge in [0.05, 0.1) is 11.4 Å². The van der Waals surface area contributed by atoms with E-state index < -0.39 is 0 Å². The molecule has 0 saturated heterocycles. The first-order valence-corrected chi connectivity index (χ1v) is 22.8. The Morgan fingerprint density at radius 3 is 1.63 bits per heavy atom. The molecule has 0 bridgehead atoms. The molecule has 0 radical (unpaired) electrons. The van der Waals surface area contributed by atoms with Gasteiger partial charge in [-0.15, -0.1) is 0 Å². The van der Waals surface area contributed by atoms with E-state index in [4.69, 9.17) is 4.42 Å². The monoisotopic (exact) mass is 815 g/mol. The smallest absolute Gasteiger partial charge is 0.252 e. The van der Waals surface area contributed by atoms with Crippen LogP contribution < -0.4 is 31.1 Å². The Balaban J connectivity index is 1.19. The zero-order valence-corrected chi connectivity index (χ0v) is 36.5. The molecule has 8 aromatic carbocycles. The number of aryl methyl sites for hydroxylation is 4. The van der Waals surface area contributed by atoms with Crippen molar-refractivity contribution >= 4 is 96.2 Å². The molecule has 1 aromatic heterocycles. The van der Waals surface area contributed by atoms with E-state index in [1.54, 1.807) is 0 Å². The van der Waals surface area contributed by atoms with Crippen LogP contribution in [0.1, 0.15) is 65.8 Å². The van der Waals surface area contributed by atoms with Crippen molar-refractivity contribution in [2.24, 2.45) is 0 Å². The summed E-state index contributed by atoms with van der Waals surface area (Å²) in [7, 11) is 0. The predicted octanol–water partition coefficient (Wildman–Crippen LogP) is 14.4. The van der Waals surface area contributed by atoms with E-state index in [0.717, 1.165) is 45.0 Å². The zero-order valence-electron chi connectivity index (χ0n) is 36.5. The normalized spacial score (nSPS) is 14.5. The Labute approximate surface area is 371 Å². The summed E-state index contributed by atoms with van der Waals surface area (Å²) in [5.41, 5.74) is 22.4. The second-order valence-corrected chi connectivity index (χ2v) is 18.3. The minimum absolute atomic E-state index is 0.0274. The topological polar surface area (TPSA) is 22.9 Å². The highest BCUT2D eigenvalue weighted by Gasteiger charge is 2.44. The Hall–Kier alpha value is -6.98. The van der Waals surface area contributed by atoms with Crippen LogP contribution in [0.25, 0.3) is 21.9 Å². The summed E-state index contributed by atoms with van der Waals surface area (Å²) in [5, 5.41) is 2.35. The van der Waals surface area contributed by atoms with Crippen LogP contribution in [-0.2, 0) is 0 Å². The molecule has 306 valence electrons. The Morgan fingerprint density at radius 1 is 0.476 bits per heavy atom. The molecular weight excluding hydrogens is 765 g/mol. The van der Waals surface area contributed by atoms with E-state index in [1.807, 2.05) is 0 Å². The predicted molar refractivity (Wildman–Crippen MR) is 267 cm³/mol. The van der Waals surface area contributed by atoms with Gasteiger partial charge in [0.15, 0.2) is 5.58 Å². The van der Waals surface area contributed by atoms with Gasteiger partial charge in [-0.05, 0) is 157 Å². The SMILES string of the molecule is Cc1cccc(N2c3cc(C)ccc3B3c4ccc(C)cc4N(c4cccc(C)c4)c4cc(N(c5ccccc5)c5cccc6c5oc5c(C7CCCCC7)cccc56)cc2c43)c1. The Bertz CT molecular complexity index is 3130. The van der Waals surface area contributed by atoms with E-state index in [0.29, 0.717) is 5.92 Å². The summed E-state index contributed by atoms with van der Waals surface area (Å²) in [4.78, 5) is 7.50. The molecule has 4 nitrogen and oxygen atoms in total. The molecule has 1 saturated carbocycles. The van der Waals surface area contributed by atoms with Crippen molar-refractivity contribution in [3.63, 3.8) is 0 Å². The summed E-state index contributed by atoms with van der Waals surface area (Å²) < 4.78 is 7.25. The number of nitrogens with zero attached hydrogens (tertiary/aromatic N) is 3. The highest BCUT2D eigenvalue weighted by molar-refractivity contribution is 7.00. The number of anilines is 9. The molecule has 0 unspecified atom stereocenters. The molecule has 0 spiro atoms. The van der Waals surface area contributed by atoms with E-state index in [9.17, 15) is 0 Å². The summed E-state index contributed by atoms with van der Waals surface area (Å²) in [6, 6.07) is 61.4. The van der Waals surface area contributed by atoms with Crippen LogP contribution in [0.5, 0.6) is 0 Å². The third-order valence-corrected chi connectivity index (χ3v) is 14.0. The number of para-hydroxylation sites is 3. The number of furan rings is 1. The summed E-state index contributed by atoms with van der Waals surface area (Å²) in [5.74, 6) is 0.525. The second-order valence-electron chi connectivity index (χ2n) is 18.3. The van der Waals surface area contributed by atoms with E-state index in [-0.39, 0.29) is 6.71 Å².